The monoisotopic (exact) mass is 553 g/mol. The maximum atomic E-state index is 15.2. The Morgan fingerprint density at radius 2 is 1.58 bits per heavy atom. The molecule has 1 aliphatic carbocycles. The molecule has 0 radical (unpaired) electrons. The summed E-state index contributed by atoms with van der Waals surface area (Å²) >= 11 is 0. The van der Waals surface area contributed by atoms with Crippen molar-refractivity contribution in [3.05, 3.63) is 77.9 Å². The molecule has 3 fully saturated rings. The molecule has 2 aromatic carbocycles. The fraction of sp³-hybridized carbons (Fsp3) is 0.440. The van der Waals surface area contributed by atoms with Crippen molar-refractivity contribution in [1.82, 2.24) is 19.1 Å². The van der Waals surface area contributed by atoms with Gasteiger partial charge < -0.3 is 9.47 Å². The molecule has 6 rings (SSSR count). The average Bonchev–Trinajstić information content (AvgIpc) is 3.23. The van der Waals surface area contributed by atoms with Crippen LogP contribution in [-0.2, 0) is 16.6 Å². The van der Waals surface area contributed by atoms with E-state index >= 15 is 8.78 Å². The van der Waals surface area contributed by atoms with Gasteiger partial charge in [-0.25, -0.2) is 17.2 Å². The molecule has 7 nitrogen and oxygen atoms in total. The van der Waals surface area contributed by atoms with Crippen molar-refractivity contribution in [2.45, 2.75) is 42.9 Å². The Morgan fingerprint density at radius 3 is 2.21 bits per heavy atom. The number of rotatable bonds is 5. The van der Waals surface area contributed by atoms with Crippen LogP contribution in [-0.4, -0.2) is 52.8 Å². The molecular weight excluding hydrogens is 529 g/mol. The van der Waals surface area contributed by atoms with E-state index < -0.39 is 57.7 Å². The molecule has 0 N–H and O–H groups in total. The maximum Gasteiger partial charge on any atom is 0.405 e. The van der Waals surface area contributed by atoms with E-state index in [4.69, 9.17) is 0 Å². The van der Waals surface area contributed by atoms with Gasteiger partial charge in [0.25, 0.3) is 0 Å². The summed E-state index contributed by atoms with van der Waals surface area (Å²) in [5.74, 6) is -1.29. The van der Waals surface area contributed by atoms with Crippen LogP contribution in [0.4, 0.5) is 27.6 Å². The standard InChI is InChI=1S/C25H24F5N5O2S/c26-19-9-21(33-11-17-18(12-33)24(17)34-13-31-32-14-34)20(27)8-16(19)10-35-23(25(28,29)30)7-6-22(38(35,36)37)15-4-2-1-3-5-15/h1-5,8-9,13-14,17-18,22-24H,6-7,10-12H2/t17-,18?,22+,23+,24+/m0/s1. The van der Waals surface area contributed by atoms with E-state index in [9.17, 15) is 21.6 Å². The molecule has 0 spiro atoms. The number of anilines is 1. The first-order chi connectivity index (χ1) is 18.1. The van der Waals surface area contributed by atoms with Crippen LogP contribution in [0.25, 0.3) is 0 Å². The van der Waals surface area contributed by atoms with Crippen LogP contribution in [0.1, 0.15) is 35.3 Å². The Morgan fingerprint density at radius 1 is 0.921 bits per heavy atom. The fourth-order valence-electron chi connectivity index (χ4n) is 6.08. The quantitative estimate of drug-likeness (QED) is 0.437. The zero-order chi connectivity index (χ0) is 26.8. The van der Waals surface area contributed by atoms with Gasteiger partial charge in [-0.05, 0) is 24.5 Å². The number of piperidine rings is 1. The molecule has 2 saturated heterocycles. The van der Waals surface area contributed by atoms with Gasteiger partial charge in [-0.1, -0.05) is 30.3 Å². The van der Waals surface area contributed by atoms with Crippen molar-refractivity contribution < 1.29 is 30.4 Å². The highest BCUT2D eigenvalue weighted by atomic mass is 32.2. The molecule has 0 amide bonds. The Kier molecular flexibility index (Phi) is 5.98. The number of sulfonamides is 1. The van der Waals surface area contributed by atoms with E-state index in [1.807, 2.05) is 4.57 Å². The van der Waals surface area contributed by atoms with Crippen molar-refractivity contribution in [2.24, 2.45) is 11.8 Å². The number of hydrogen-bond acceptors (Lipinski definition) is 5. The number of fused-ring (bicyclic) bond motifs is 1. The summed E-state index contributed by atoms with van der Waals surface area (Å²) in [6, 6.07) is 7.62. The summed E-state index contributed by atoms with van der Waals surface area (Å²) in [5, 5.41) is 6.39. The van der Waals surface area contributed by atoms with Gasteiger partial charge in [0, 0.05) is 49.1 Å². The Bertz CT molecular complexity index is 1420. The van der Waals surface area contributed by atoms with Crippen molar-refractivity contribution in [3.8, 4) is 0 Å². The molecule has 5 atom stereocenters. The predicted molar refractivity (Wildman–Crippen MR) is 127 cm³/mol. The van der Waals surface area contributed by atoms with E-state index in [2.05, 4.69) is 10.2 Å². The van der Waals surface area contributed by atoms with Gasteiger partial charge in [0.1, 0.15) is 35.6 Å². The third-order valence-corrected chi connectivity index (χ3v) is 10.3. The summed E-state index contributed by atoms with van der Waals surface area (Å²) < 4.78 is 101. The SMILES string of the molecule is O=S1(=O)[C@@H](c2ccccc2)CC[C@H](C(F)(F)F)N1Cc1cc(F)c(N2CC3[C@H](C2)[C@H]3n2cnnc2)cc1F. The molecule has 1 unspecified atom stereocenters. The van der Waals surface area contributed by atoms with Crippen LogP contribution >= 0.6 is 0 Å². The van der Waals surface area contributed by atoms with Gasteiger partial charge in [0.2, 0.25) is 10.0 Å². The lowest BCUT2D eigenvalue weighted by Gasteiger charge is -2.40. The summed E-state index contributed by atoms with van der Waals surface area (Å²) in [7, 11) is -4.53. The Labute approximate surface area is 215 Å². The predicted octanol–water partition coefficient (Wildman–Crippen LogP) is 4.46. The minimum Gasteiger partial charge on any atom is -0.368 e. The van der Waals surface area contributed by atoms with Crippen LogP contribution < -0.4 is 4.90 Å². The van der Waals surface area contributed by atoms with E-state index in [1.165, 1.54) is 12.1 Å². The van der Waals surface area contributed by atoms with Crippen molar-refractivity contribution >= 4 is 15.7 Å². The lowest BCUT2D eigenvalue weighted by Crippen LogP contribution is -2.52. The molecule has 13 heteroatoms. The largest absolute Gasteiger partial charge is 0.405 e. The van der Waals surface area contributed by atoms with E-state index in [-0.39, 0.29) is 30.0 Å². The summed E-state index contributed by atoms with van der Waals surface area (Å²) in [4.78, 5) is 1.71. The highest BCUT2D eigenvalue weighted by Gasteiger charge is 2.57. The summed E-state index contributed by atoms with van der Waals surface area (Å²) in [6.07, 6.45) is -2.33. The number of halogens is 5. The van der Waals surface area contributed by atoms with Gasteiger partial charge >= 0.3 is 6.18 Å². The molecule has 3 aliphatic rings. The minimum atomic E-state index is -4.86. The van der Waals surface area contributed by atoms with Gasteiger partial charge in [-0.3, -0.25) is 0 Å². The first-order valence-electron chi connectivity index (χ1n) is 12.2. The molecule has 1 aromatic heterocycles. The van der Waals surface area contributed by atoms with Gasteiger partial charge in [0.05, 0.1) is 5.69 Å². The second-order valence-electron chi connectivity index (χ2n) is 10.2. The number of hydrogen-bond donors (Lipinski definition) is 0. The average molecular weight is 554 g/mol. The van der Waals surface area contributed by atoms with Crippen LogP contribution in [0.3, 0.4) is 0 Å². The molecule has 3 aromatic rings. The molecule has 1 saturated carbocycles. The second-order valence-corrected chi connectivity index (χ2v) is 12.2. The Hall–Kier alpha value is -3.06. The highest BCUT2D eigenvalue weighted by Crippen LogP contribution is 2.56. The highest BCUT2D eigenvalue weighted by molar-refractivity contribution is 7.89. The number of benzene rings is 2. The van der Waals surface area contributed by atoms with E-state index in [1.54, 1.807) is 35.8 Å². The molecule has 202 valence electrons. The topological polar surface area (TPSA) is 71.3 Å². The van der Waals surface area contributed by atoms with E-state index in [0.717, 1.165) is 12.1 Å². The minimum absolute atomic E-state index is 0.0111. The van der Waals surface area contributed by atoms with Gasteiger partial charge in [-0.2, -0.15) is 17.5 Å². The molecule has 3 heterocycles. The molecular formula is C25H24F5N5O2S. The lowest BCUT2D eigenvalue weighted by atomic mass is 10.0. The fourth-order valence-corrected chi connectivity index (χ4v) is 8.24. The lowest BCUT2D eigenvalue weighted by molar-refractivity contribution is -0.176. The maximum absolute atomic E-state index is 15.2. The van der Waals surface area contributed by atoms with Crippen LogP contribution in [0, 0.1) is 23.5 Å². The first kappa shape index (κ1) is 25.2. The van der Waals surface area contributed by atoms with Crippen molar-refractivity contribution in [2.75, 3.05) is 18.0 Å². The number of alkyl halides is 3. The zero-order valence-electron chi connectivity index (χ0n) is 20.0. The third kappa shape index (κ3) is 4.25. The Balaban J connectivity index is 1.25. The van der Waals surface area contributed by atoms with Crippen LogP contribution in [0.15, 0.2) is 55.1 Å². The van der Waals surface area contributed by atoms with Gasteiger partial charge in [0.15, 0.2) is 0 Å². The van der Waals surface area contributed by atoms with E-state index in [0.29, 0.717) is 23.0 Å². The van der Waals surface area contributed by atoms with Crippen molar-refractivity contribution in [3.63, 3.8) is 0 Å². The van der Waals surface area contributed by atoms with Crippen LogP contribution in [0.2, 0.25) is 0 Å². The van der Waals surface area contributed by atoms with Gasteiger partial charge in [-0.15, -0.1) is 10.2 Å². The van der Waals surface area contributed by atoms with Crippen molar-refractivity contribution in [1.29, 1.82) is 0 Å². The zero-order valence-corrected chi connectivity index (χ0v) is 20.8. The molecule has 0 bridgehead atoms. The molecule has 2 aliphatic heterocycles. The third-order valence-electron chi connectivity index (χ3n) is 8.00. The van der Waals surface area contributed by atoms with Crippen LogP contribution in [0.5, 0.6) is 0 Å². The number of aromatic nitrogens is 3. The first-order valence-corrected chi connectivity index (χ1v) is 13.8. The smallest absolute Gasteiger partial charge is 0.368 e. The second kappa shape index (κ2) is 9.01. The summed E-state index contributed by atoms with van der Waals surface area (Å²) in [5.41, 5.74) is -0.0704. The normalized spacial score (nSPS) is 28.9. The number of nitrogens with zero attached hydrogens (tertiary/aromatic N) is 5. The summed E-state index contributed by atoms with van der Waals surface area (Å²) in [6.45, 7) is 0.0527. The molecule has 38 heavy (non-hydrogen) atoms.